The summed E-state index contributed by atoms with van der Waals surface area (Å²) in [5.74, 6) is 0.272. The number of nitrogens with zero attached hydrogens (tertiary/aromatic N) is 1. The van der Waals surface area contributed by atoms with Crippen LogP contribution >= 0.6 is 27.5 Å². The Balaban J connectivity index is 3.35. The van der Waals surface area contributed by atoms with Gasteiger partial charge in [-0.1, -0.05) is 6.07 Å². The third-order valence-corrected chi connectivity index (χ3v) is 2.94. The van der Waals surface area contributed by atoms with Crippen LogP contribution in [0.2, 0.25) is 0 Å². The molecule has 0 aliphatic carbocycles. The highest BCUT2D eigenvalue weighted by molar-refractivity contribution is 9.10. The molecule has 0 atom stereocenters. The van der Waals surface area contributed by atoms with Gasteiger partial charge in [-0.25, -0.2) is 0 Å². The topological polar surface area (TPSA) is 43.1 Å². The fraction of sp³-hybridized carbons (Fsp3) is 0.250. The summed E-state index contributed by atoms with van der Waals surface area (Å²) in [6.45, 7) is 1.87. The Labute approximate surface area is 89.0 Å². The van der Waals surface area contributed by atoms with Gasteiger partial charge in [0, 0.05) is 11.9 Å². The molecule has 0 radical (unpaired) electrons. The Morgan fingerprint density at radius 2 is 2.23 bits per heavy atom. The zero-order chi connectivity index (χ0) is 10.0. The molecule has 0 aliphatic rings. The van der Waals surface area contributed by atoms with E-state index in [4.69, 9.17) is 11.6 Å². The Hall–Kier alpha value is -0.610. The molecule has 1 aromatic carbocycles. The minimum absolute atomic E-state index is 0.0567. The molecule has 13 heavy (non-hydrogen) atoms. The van der Waals surface area contributed by atoms with Crippen LogP contribution in [0.3, 0.4) is 0 Å². The number of hydrogen-bond acceptors (Lipinski definition) is 2. The van der Waals surface area contributed by atoms with Crippen molar-refractivity contribution in [3.05, 3.63) is 37.8 Å². The van der Waals surface area contributed by atoms with E-state index in [1.807, 2.05) is 6.92 Å². The molecule has 0 aliphatic heterocycles. The van der Waals surface area contributed by atoms with Gasteiger partial charge in [0.2, 0.25) is 0 Å². The molecule has 0 fully saturated rings. The quantitative estimate of drug-likeness (QED) is 0.467. The van der Waals surface area contributed by atoms with Crippen LogP contribution in [0.25, 0.3) is 0 Å². The number of halogens is 2. The SMILES string of the molecule is Cc1ccc([N+](=O)[O-])c(Br)c1CCl. The van der Waals surface area contributed by atoms with E-state index in [2.05, 4.69) is 15.9 Å². The summed E-state index contributed by atoms with van der Waals surface area (Å²) in [7, 11) is 0. The number of aryl methyl sites for hydroxylation is 1. The maximum Gasteiger partial charge on any atom is 0.283 e. The van der Waals surface area contributed by atoms with Crippen LogP contribution in [0.1, 0.15) is 11.1 Å². The van der Waals surface area contributed by atoms with Crippen molar-refractivity contribution in [3.63, 3.8) is 0 Å². The molecule has 0 aromatic heterocycles. The summed E-state index contributed by atoms with van der Waals surface area (Å²) >= 11 is 8.83. The third-order valence-electron chi connectivity index (χ3n) is 1.79. The Bertz CT molecular complexity index is 354. The fourth-order valence-corrected chi connectivity index (χ4v) is 2.25. The van der Waals surface area contributed by atoms with E-state index in [1.165, 1.54) is 6.07 Å². The first-order valence-corrected chi connectivity index (χ1v) is 4.89. The van der Waals surface area contributed by atoms with Crippen LogP contribution < -0.4 is 0 Å². The molecule has 0 unspecified atom stereocenters. The van der Waals surface area contributed by atoms with Gasteiger partial charge in [0.05, 0.1) is 9.40 Å². The molecule has 3 nitrogen and oxygen atoms in total. The van der Waals surface area contributed by atoms with Crippen molar-refractivity contribution in [2.45, 2.75) is 12.8 Å². The molecule has 1 aromatic rings. The van der Waals surface area contributed by atoms with Gasteiger partial charge in [-0.3, -0.25) is 10.1 Å². The molecule has 0 saturated heterocycles. The molecular formula is C8H7BrClNO2. The Morgan fingerprint density at radius 1 is 1.62 bits per heavy atom. The van der Waals surface area contributed by atoms with E-state index in [-0.39, 0.29) is 11.6 Å². The lowest BCUT2D eigenvalue weighted by Gasteiger charge is -2.04. The molecule has 0 spiro atoms. The van der Waals surface area contributed by atoms with Crippen molar-refractivity contribution in [2.24, 2.45) is 0 Å². The zero-order valence-corrected chi connectivity index (χ0v) is 9.22. The summed E-state index contributed by atoms with van der Waals surface area (Å²) in [4.78, 5) is 10.1. The molecule has 0 bridgehead atoms. The van der Waals surface area contributed by atoms with Gasteiger partial charge in [-0.05, 0) is 34.0 Å². The molecule has 70 valence electrons. The highest BCUT2D eigenvalue weighted by Gasteiger charge is 2.15. The van der Waals surface area contributed by atoms with E-state index < -0.39 is 4.92 Å². The van der Waals surface area contributed by atoms with E-state index in [0.29, 0.717) is 4.47 Å². The average molecular weight is 265 g/mol. The predicted octanol–water partition coefficient (Wildman–Crippen LogP) is 3.40. The highest BCUT2D eigenvalue weighted by Crippen LogP contribution is 2.31. The van der Waals surface area contributed by atoms with Crippen molar-refractivity contribution in [1.82, 2.24) is 0 Å². The van der Waals surface area contributed by atoms with Crippen molar-refractivity contribution in [3.8, 4) is 0 Å². The summed E-state index contributed by atoms with van der Waals surface area (Å²) in [5, 5.41) is 10.5. The summed E-state index contributed by atoms with van der Waals surface area (Å²) < 4.78 is 0.479. The summed E-state index contributed by atoms with van der Waals surface area (Å²) in [6.07, 6.45) is 0. The van der Waals surface area contributed by atoms with E-state index >= 15 is 0 Å². The smallest absolute Gasteiger partial charge is 0.258 e. The van der Waals surface area contributed by atoms with Gasteiger partial charge in [-0.2, -0.15) is 0 Å². The zero-order valence-electron chi connectivity index (χ0n) is 6.88. The maximum atomic E-state index is 10.5. The highest BCUT2D eigenvalue weighted by atomic mass is 79.9. The molecule has 0 N–H and O–H groups in total. The first-order valence-electron chi connectivity index (χ1n) is 3.56. The van der Waals surface area contributed by atoms with Crippen LogP contribution in [-0.4, -0.2) is 4.92 Å². The average Bonchev–Trinajstić information content (AvgIpc) is 2.04. The van der Waals surface area contributed by atoms with Crippen LogP contribution in [0, 0.1) is 17.0 Å². The van der Waals surface area contributed by atoms with Gasteiger partial charge >= 0.3 is 0 Å². The van der Waals surface area contributed by atoms with Crippen LogP contribution in [0.15, 0.2) is 16.6 Å². The number of nitro groups is 1. The van der Waals surface area contributed by atoms with E-state index in [1.54, 1.807) is 6.07 Å². The number of rotatable bonds is 2. The van der Waals surface area contributed by atoms with Gasteiger partial charge < -0.3 is 0 Å². The monoisotopic (exact) mass is 263 g/mol. The normalized spacial score (nSPS) is 10.1. The molecule has 0 amide bonds. The van der Waals surface area contributed by atoms with Crippen molar-refractivity contribution in [1.29, 1.82) is 0 Å². The Morgan fingerprint density at radius 3 is 2.69 bits per heavy atom. The molecule has 1 rings (SSSR count). The lowest BCUT2D eigenvalue weighted by atomic mass is 10.1. The first-order chi connectivity index (χ1) is 6.07. The van der Waals surface area contributed by atoms with E-state index in [0.717, 1.165) is 11.1 Å². The van der Waals surface area contributed by atoms with Crippen molar-refractivity contribution < 1.29 is 4.92 Å². The second-order valence-electron chi connectivity index (χ2n) is 2.58. The van der Waals surface area contributed by atoms with Crippen molar-refractivity contribution >= 4 is 33.2 Å². The van der Waals surface area contributed by atoms with Gasteiger partial charge in [0.25, 0.3) is 5.69 Å². The number of benzene rings is 1. The first kappa shape index (κ1) is 10.5. The van der Waals surface area contributed by atoms with Crippen LogP contribution in [0.5, 0.6) is 0 Å². The van der Waals surface area contributed by atoms with Crippen molar-refractivity contribution in [2.75, 3.05) is 0 Å². The molecular weight excluding hydrogens is 257 g/mol. The van der Waals surface area contributed by atoms with Gasteiger partial charge in [0.1, 0.15) is 0 Å². The molecule has 0 saturated carbocycles. The number of hydrogen-bond donors (Lipinski definition) is 0. The lowest BCUT2D eigenvalue weighted by molar-refractivity contribution is -0.385. The standard InChI is InChI=1S/C8H7BrClNO2/c1-5-2-3-7(11(12)13)8(9)6(5)4-10/h2-3H,4H2,1H3. The summed E-state index contributed by atoms with van der Waals surface area (Å²) in [6, 6.07) is 3.16. The third kappa shape index (κ3) is 2.00. The largest absolute Gasteiger partial charge is 0.283 e. The van der Waals surface area contributed by atoms with Crippen LogP contribution in [-0.2, 0) is 5.88 Å². The minimum Gasteiger partial charge on any atom is -0.258 e. The minimum atomic E-state index is -0.431. The predicted molar refractivity (Wildman–Crippen MR) is 55.1 cm³/mol. The second kappa shape index (κ2) is 4.07. The number of nitro benzene ring substituents is 1. The fourth-order valence-electron chi connectivity index (χ4n) is 1.01. The van der Waals surface area contributed by atoms with E-state index in [9.17, 15) is 10.1 Å². The van der Waals surface area contributed by atoms with Crippen LogP contribution in [0.4, 0.5) is 5.69 Å². The van der Waals surface area contributed by atoms with Gasteiger partial charge in [-0.15, -0.1) is 11.6 Å². The second-order valence-corrected chi connectivity index (χ2v) is 3.65. The number of alkyl halides is 1. The summed E-state index contributed by atoms with van der Waals surface area (Å²) in [5.41, 5.74) is 1.78. The lowest BCUT2D eigenvalue weighted by Crippen LogP contribution is -1.94. The maximum absolute atomic E-state index is 10.5. The van der Waals surface area contributed by atoms with Gasteiger partial charge in [0.15, 0.2) is 0 Å². The molecule has 0 heterocycles. The molecule has 5 heteroatoms. The Kier molecular flexibility index (Phi) is 3.27.